The molecule has 2 aliphatic rings. The predicted molar refractivity (Wildman–Crippen MR) is 79.3 cm³/mol. The third-order valence-corrected chi connectivity index (χ3v) is 3.68. The first kappa shape index (κ1) is 14.1. The highest BCUT2D eigenvalue weighted by molar-refractivity contribution is 14.0. The largest absolute Gasteiger partial charge is 0.370 e. The van der Waals surface area contributed by atoms with E-state index in [0.29, 0.717) is 11.5 Å². The average molecular weight is 337 g/mol. The second kappa shape index (κ2) is 5.56. The number of hydrogen-bond acceptors (Lipinski definition) is 1. The van der Waals surface area contributed by atoms with Crippen molar-refractivity contribution in [3.63, 3.8) is 0 Å². The van der Waals surface area contributed by atoms with Gasteiger partial charge in [-0.15, -0.1) is 24.0 Å². The van der Waals surface area contributed by atoms with Crippen molar-refractivity contribution in [3.05, 3.63) is 0 Å². The molecular formula is C12H24IN3. The van der Waals surface area contributed by atoms with Gasteiger partial charge in [-0.25, -0.2) is 4.99 Å². The van der Waals surface area contributed by atoms with Crippen molar-refractivity contribution in [3.8, 4) is 0 Å². The Morgan fingerprint density at radius 3 is 2.12 bits per heavy atom. The maximum atomic E-state index is 6.06. The van der Waals surface area contributed by atoms with Gasteiger partial charge in [0.25, 0.3) is 0 Å². The van der Waals surface area contributed by atoms with Gasteiger partial charge in [0, 0.05) is 13.1 Å². The van der Waals surface area contributed by atoms with Gasteiger partial charge in [0.15, 0.2) is 5.96 Å². The first-order chi connectivity index (χ1) is 7.09. The molecule has 0 bridgehead atoms. The maximum absolute atomic E-state index is 6.06. The molecule has 94 valence electrons. The number of likely N-dealkylation sites (tertiary alicyclic amines) is 1. The normalized spacial score (nSPS) is 29.2. The summed E-state index contributed by atoms with van der Waals surface area (Å²) in [5.74, 6) is 0.785. The molecule has 4 heteroatoms. The van der Waals surface area contributed by atoms with Gasteiger partial charge in [0.05, 0.1) is 6.04 Å². The standard InChI is InChI=1S/C12H23N3.HI/c1-12(2)9-10(12)14-11(13)15-7-5-3-4-6-8-15;/h10H,3-9H2,1-2H3,(H2,13,14);1H. The second-order valence-electron chi connectivity index (χ2n) is 5.60. The summed E-state index contributed by atoms with van der Waals surface area (Å²) in [5.41, 5.74) is 6.46. The number of halogens is 1. The summed E-state index contributed by atoms with van der Waals surface area (Å²) in [4.78, 5) is 6.89. The van der Waals surface area contributed by atoms with Crippen molar-refractivity contribution in [2.45, 2.75) is 52.0 Å². The van der Waals surface area contributed by atoms with Crippen LogP contribution in [0.15, 0.2) is 4.99 Å². The summed E-state index contributed by atoms with van der Waals surface area (Å²) in [6, 6.07) is 0.473. The van der Waals surface area contributed by atoms with Crippen molar-refractivity contribution in [1.82, 2.24) is 4.90 Å². The van der Waals surface area contributed by atoms with E-state index in [1.807, 2.05) is 0 Å². The molecule has 1 heterocycles. The minimum absolute atomic E-state index is 0. The first-order valence-electron chi connectivity index (χ1n) is 6.18. The Bertz CT molecular complexity index is 255. The Balaban J connectivity index is 0.00000128. The fourth-order valence-corrected chi connectivity index (χ4v) is 2.20. The van der Waals surface area contributed by atoms with E-state index in [0.717, 1.165) is 19.0 Å². The van der Waals surface area contributed by atoms with Crippen molar-refractivity contribution in [2.24, 2.45) is 16.1 Å². The molecule has 2 N–H and O–H groups in total. The van der Waals surface area contributed by atoms with E-state index in [2.05, 4.69) is 23.7 Å². The molecule has 0 radical (unpaired) electrons. The van der Waals surface area contributed by atoms with Crippen molar-refractivity contribution < 1.29 is 0 Å². The molecule has 1 saturated heterocycles. The number of aliphatic imine (C=N–C) groups is 1. The lowest BCUT2D eigenvalue weighted by Gasteiger charge is -2.21. The summed E-state index contributed by atoms with van der Waals surface area (Å²) >= 11 is 0. The Labute approximate surface area is 116 Å². The highest BCUT2D eigenvalue weighted by atomic mass is 127. The number of guanidine groups is 1. The summed E-state index contributed by atoms with van der Waals surface area (Å²) < 4.78 is 0. The monoisotopic (exact) mass is 337 g/mol. The van der Waals surface area contributed by atoms with E-state index >= 15 is 0 Å². The van der Waals surface area contributed by atoms with Crippen LogP contribution in [0.3, 0.4) is 0 Å². The van der Waals surface area contributed by atoms with Gasteiger partial charge >= 0.3 is 0 Å². The Morgan fingerprint density at radius 1 is 1.19 bits per heavy atom. The highest BCUT2D eigenvalue weighted by Crippen LogP contribution is 2.47. The molecule has 2 fully saturated rings. The lowest BCUT2D eigenvalue weighted by Crippen LogP contribution is -2.38. The SMILES string of the molecule is CC1(C)CC1N=C(N)N1CCCCCC1.I. The lowest BCUT2D eigenvalue weighted by molar-refractivity contribution is 0.427. The van der Waals surface area contributed by atoms with Crippen LogP contribution in [0.5, 0.6) is 0 Å². The van der Waals surface area contributed by atoms with E-state index in [1.165, 1.54) is 32.1 Å². The van der Waals surface area contributed by atoms with Crippen molar-refractivity contribution in [2.75, 3.05) is 13.1 Å². The topological polar surface area (TPSA) is 41.6 Å². The van der Waals surface area contributed by atoms with Crippen molar-refractivity contribution in [1.29, 1.82) is 0 Å². The van der Waals surface area contributed by atoms with Gasteiger partial charge in [0.1, 0.15) is 0 Å². The van der Waals surface area contributed by atoms with Crippen LogP contribution in [0.4, 0.5) is 0 Å². The lowest BCUT2D eigenvalue weighted by atomic mass is 10.2. The van der Waals surface area contributed by atoms with Crippen molar-refractivity contribution >= 4 is 29.9 Å². The number of hydrogen-bond donors (Lipinski definition) is 1. The van der Waals surface area contributed by atoms with Crippen LogP contribution < -0.4 is 5.73 Å². The minimum atomic E-state index is 0. The van der Waals surface area contributed by atoms with Crippen LogP contribution >= 0.6 is 24.0 Å². The molecule has 0 amide bonds. The van der Waals surface area contributed by atoms with Crippen LogP contribution in [0.25, 0.3) is 0 Å². The van der Waals surface area contributed by atoms with E-state index in [-0.39, 0.29) is 24.0 Å². The van der Waals surface area contributed by atoms with Gasteiger partial charge in [-0.05, 0) is 24.7 Å². The minimum Gasteiger partial charge on any atom is -0.370 e. The smallest absolute Gasteiger partial charge is 0.191 e. The molecule has 0 aromatic heterocycles. The highest BCUT2D eigenvalue weighted by Gasteiger charge is 2.46. The summed E-state index contributed by atoms with van der Waals surface area (Å²) in [5, 5.41) is 0. The summed E-state index contributed by atoms with van der Waals surface area (Å²) in [7, 11) is 0. The van der Waals surface area contributed by atoms with E-state index in [1.54, 1.807) is 0 Å². The Kier molecular flexibility index (Phi) is 4.88. The first-order valence-corrected chi connectivity index (χ1v) is 6.18. The van der Waals surface area contributed by atoms with Crippen LogP contribution in [-0.4, -0.2) is 30.0 Å². The Morgan fingerprint density at radius 2 is 1.69 bits per heavy atom. The van der Waals surface area contributed by atoms with E-state index in [9.17, 15) is 0 Å². The average Bonchev–Trinajstić information content (AvgIpc) is 2.84. The summed E-state index contributed by atoms with van der Waals surface area (Å²) in [6.45, 7) is 6.72. The zero-order valence-electron chi connectivity index (χ0n) is 10.4. The van der Waals surface area contributed by atoms with Crippen LogP contribution in [-0.2, 0) is 0 Å². The zero-order chi connectivity index (χ0) is 10.9. The van der Waals surface area contributed by atoms with E-state index < -0.39 is 0 Å². The fourth-order valence-electron chi connectivity index (χ4n) is 2.20. The molecular weight excluding hydrogens is 313 g/mol. The predicted octanol–water partition coefficient (Wildman–Crippen LogP) is 2.59. The zero-order valence-corrected chi connectivity index (χ0v) is 12.7. The molecule has 0 aromatic carbocycles. The molecule has 1 aliphatic heterocycles. The number of rotatable bonds is 1. The molecule has 1 saturated carbocycles. The Hall–Kier alpha value is 0. The summed E-state index contributed by atoms with van der Waals surface area (Å²) in [6.07, 6.45) is 6.42. The molecule has 16 heavy (non-hydrogen) atoms. The second-order valence-corrected chi connectivity index (χ2v) is 5.60. The fraction of sp³-hybridized carbons (Fsp3) is 0.917. The third kappa shape index (κ3) is 3.50. The van der Waals surface area contributed by atoms with Gasteiger partial charge in [0.2, 0.25) is 0 Å². The third-order valence-electron chi connectivity index (χ3n) is 3.68. The van der Waals surface area contributed by atoms with Gasteiger partial charge in [-0.1, -0.05) is 26.7 Å². The molecule has 3 nitrogen and oxygen atoms in total. The maximum Gasteiger partial charge on any atom is 0.191 e. The van der Waals surface area contributed by atoms with Gasteiger partial charge in [-0.2, -0.15) is 0 Å². The molecule has 1 atom stereocenters. The number of nitrogens with zero attached hydrogens (tertiary/aromatic N) is 2. The quantitative estimate of drug-likeness (QED) is 0.454. The molecule has 0 aromatic rings. The molecule has 2 rings (SSSR count). The van der Waals surface area contributed by atoms with E-state index in [4.69, 9.17) is 5.73 Å². The van der Waals surface area contributed by atoms with Crippen LogP contribution in [0, 0.1) is 5.41 Å². The molecule has 1 unspecified atom stereocenters. The van der Waals surface area contributed by atoms with Gasteiger partial charge in [-0.3, -0.25) is 0 Å². The molecule has 0 spiro atoms. The van der Waals surface area contributed by atoms with Gasteiger partial charge < -0.3 is 10.6 Å². The molecule has 1 aliphatic carbocycles. The van der Waals surface area contributed by atoms with Crippen LogP contribution in [0.1, 0.15) is 46.0 Å². The number of nitrogens with two attached hydrogens (primary N) is 1. The van der Waals surface area contributed by atoms with Crippen LogP contribution in [0.2, 0.25) is 0 Å².